The molecule has 0 atom stereocenters. The molecule has 1 N–H and O–H groups in total. The van der Waals surface area contributed by atoms with Crippen LogP contribution in [0.3, 0.4) is 0 Å². The summed E-state index contributed by atoms with van der Waals surface area (Å²) >= 11 is 6.29. The minimum absolute atomic E-state index is 0.109. The number of ether oxygens (including phenoxy) is 1. The number of anilines is 2. The Morgan fingerprint density at radius 1 is 0.939 bits per heavy atom. The molecular weight excluding hydrogens is 446 g/mol. The first kappa shape index (κ1) is 21.0. The highest BCUT2D eigenvalue weighted by Gasteiger charge is 2.23. The van der Waals surface area contributed by atoms with Crippen LogP contribution in [0.1, 0.15) is 16.7 Å². The lowest BCUT2D eigenvalue weighted by atomic mass is 9.95. The van der Waals surface area contributed by atoms with Crippen molar-refractivity contribution in [3.8, 4) is 17.0 Å². The number of benzene rings is 3. The third-order valence-electron chi connectivity index (χ3n) is 5.30. The lowest BCUT2D eigenvalue weighted by molar-refractivity contribution is 0.387. The maximum atomic E-state index is 14.6. The number of halogens is 3. The van der Waals surface area contributed by atoms with Crippen LogP contribution in [0.25, 0.3) is 11.3 Å². The second-order valence-corrected chi connectivity index (χ2v) is 7.81. The molecular formula is C25H17ClF2N4O. The van der Waals surface area contributed by atoms with Gasteiger partial charge >= 0.3 is 0 Å². The van der Waals surface area contributed by atoms with E-state index in [1.54, 1.807) is 42.6 Å². The smallest absolute Gasteiger partial charge is 0.227 e. The number of methoxy groups -OCH3 is 1. The van der Waals surface area contributed by atoms with Crippen LogP contribution < -0.4 is 10.1 Å². The molecule has 164 valence electrons. The zero-order chi connectivity index (χ0) is 22.9. The predicted molar refractivity (Wildman–Crippen MR) is 124 cm³/mol. The standard InChI is InChI=1S/C25H17ClF2N4O/c1-33-22-11-16(7-9-21(22)28)31-25-30-13-14-12-29-24(18-4-2-3-5-20(18)27)19-10-15(26)6-8-17(19)23(14)32-25/h2-11,13H,12H2,1H3,(H,30,31,32). The van der Waals surface area contributed by atoms with Gasteiger partial charge in [-0.2, -0.15) is 0 Å². The molecule has 4 aromatic rings. The molecule has 0 fully saturated rings. The Morgan fingerprint density at radius 3 is 2.61 bits per heavy atom. The number of aromatic nitrogens is 2. The summed E-state index contributed by atoms with van der Waals surface area (Å²) in [6.07, 6.45) is 1.68. The number of nitrogens with one attached hydrogen (secondary N) is 1. The number of aliphatic imine (C=N–C) groups is 1. The molecule has 0 aliphatic carbocycles. The van der Waals surface area contributed by atoms with Crippen LogP contribution in [-0.2, 0) is 6.54 Å². The van der Waals surface area contributed by atoms with Crippen molar-refractivity contribution >= 4 is 28.9 Å². The van der Waals surface area contributed by atoms with E-state index in [0.717, 1.165) is 11.1 Å². The van der Waals surface area contributed by atoms with E-state index >= 15 is 0 Å². The number of rotatable bonds is 4. The number of hydrogen-bond donors (Lipinski definition) is 1. The molecule has 0 saturated carbocycles. The molecule has 3 aromatic carbocycles. The number of hydrogen-bond acceptors (Lipinski definition) is 5. The minimum atomic E-state index is -0.463. The van der Waals surface area contributed by atoms with Crippen LogP contribution in [0.4, 0.5) is 20.4 Å². The van der Waals surface area contributed by atoms with Crippen molar-refractivity contribution in [3.05, 3.63) is 100 Å². The van der Waals surface area contributed by atoms with E-state index < -0.39 is 5.82 Å². The maximum Gasteiger partial charge on any atom is 0.227 e. The third kappa shape index (κ3) is 4.03. The monoisotopic (exact) mass is 462 g/mol. The summed E-state index contributed by atoms with van der Waals surface area (Å²) in [5.41, 5.74) is 4.34. The molecule has 0 spiro atoms. The molecule has 0 unspecified atom stereocenters. The van der Waals surface area contributed by atoms with Crippen molar-refractivity contribution in [3.63, 3.8) is 0 Å². The lowest BCUT2D eigenvalue weighted by Crippen LogP contribution is -2.07. The van der Waals surface area contributed by atoms with Gasteiger partial charge in [0.1, 0.15) is 5.82 Å². The Balaban J connectivity index is 1.60. The van der Waals surface area contributed by atoms with Crippen molar-refractivity contribution < 1.29 is 13.5 Å². The van der Waals surface area contributed by atoms with Gasteiger partial charge in [-0.1, -0.05) is 29.8 Å². The van der Waals surface area contributed by atoms with Gasteiger partial charge in [0, 0.05) is 45.2 Å². The zero-order valence-corrected chi connectivity index (χ0v) is 18.2. The quantitative estimate of drug-likeness (QED) is 0.393. The van der Waals surface area contributed by atoms with Gasteiger partial charge in [0.2, 0.25) is 5.95 Å². The number of fused-ring (bicyclic) bond motifs is 3. The van der Waals surface area contributed by atoms with Crippen LogP contribution in [0.2, 0.25) is 5.02 Å². The molecule has 0 bridgehead atoms. The average molecular weight is 463 g/mol. The molecule has 1 aliphatic heterocycles. The van der Waals surface area contributed by atoms with Gasteiger partial charge in [0.25, 0.3) is 0 Å². The van der Waals surface area contributed by atoms with Crippen LogP contribution in [-0.4, -0.2) is 22.8 Å². The second kappa shape index (κ2) is 8.60. The van der Waals surface area contributed by atoms with Gasteiger partial charge in [-0.25, -0.2) is 18.7 Å². The van der Waals surface area contributed by atoms with E-state index in [0.29, 0.717) is 39.2 Å². The molecule has 0 saturated heterocycles. The summed E-state index contributed by atoms with van der Waals surface area (Å²) in [7, 11) is 1.40. The topological polar surface area (TPSA) is 59.4 Å². The van der Waals surface area contributed by atoms with Crippen LogP contribution in [0.5, 0.6) is 5.75 Å². The van der Waals surface area contributed by atoms with Crippen molar-refractivity contribution in [2.45, 2.75) is 6.54 Å². The largest absolute Gasteiger partial charge is 0.494 e. The first-order valence-corrected chi connectivity index (χ1v) is 10.5. The normalized spacial score (nSPS) is 12.3. The Kier molecular flexibility index (Phi) is 5.48. The fourth-order valence-corrected chi connectivity index (χ4v) is 3.91. The van der Waals surface area contributed by atoms with Gasteiger partial charge in [-0.15, -0.1) is 0 Å². The SMILES string of the molecule is COc1cc(Nc2ncc3c(n2)-c2ccc(Cl)cc2C(c2ccccc2F)=NC3)ccc1F. The zero-order valence-electron chi connectivity index (χ0n) is 17.4. The summed E-state index contributed by atoms with van der Waals surface area (Å²) in [4.78, 5) is 13.8. The van der Waals surface area contributed by atoms with Crippen molar-refractivity contribution in [1.29, 1.82) is 0 Å². The highest BCUT2D eigenvalue weighted by atomic mass is 35.5. The van der Waals surface area contributed by atoms with Gasteiger partial charge in [0.15, 0.2) is 11.6 Å². The summed E-state index contributed by atoms with van der Waals surface area (Å²) < 4.78 is 33.4. The molecule has 5 rings (SSSR count). The van der Waals surface area contributed by atoms with Crippen molar-refractivity contribution in [1.82, 2.24) is 9.97 Å². The summed E-state index contributed by atoms with van der Waals surface area (Å²) in [5.74, 6) is -0.406. The Labute approximate surface area is 193 Å². The average Bonchev–Trinajstić information content (AvgIpc) is 2.97. The van der Waals surface area contributed by atoms with E-state index in [4.69, 9.17) is 21.3 Å². The van der Waals surface area contributed by atoms with E-state index in [9.17, 15) is 8.78 Å². The predicted octanol–water partition coefficient (Wildman–Crippen LogP) is 6.18. The van der Waals surface area contributed by atoms with Gasteiger partial charge < -0.3 is 10.1 Å². The van der Waals surface area contributed by atoms with E-state index in [1.165, 1.54) is 25.3 Å². The second-order valence-electron chi connectivity index (χ2n) is 7.38. The van der Waals surface area contributed by atoms with Gasteiger partial charge in [0.05, 0.1) is 25.1 Å². The Bertz CT molecular complexity index is 1410. The summed E-state index contributed by atoms with van der Waals surface area (Å²) in [5, 5.41) is 3.58. The molecule has 1 aliphatic rings. The molecule has 1 aromatic heterocycles. The third-order valence-corrected chi connectivity index (χ3v) is 5.54. The lowest BCUT2D eigenvalue weighted by Gasteiger charge is -2.13. The van der Waals surface area contributed by atoms with E-state index in [-0.39, 0.29) is 18.1 Å². The number of nitrogens with zero attached hydrogens (tertiary/aromatic N) is 3. The molecule has 0 amide bonds. The van der Waals surface area contributed by atoms with Crippen molar-refractivity contribution in [2.24, 2.45) is 4.99 Å². The van der Waals surface area contributed by atoms with Gasteiger partial charge in [-0.05, 0) is 36.4 Å². The summed E-state index contributed by atoms with van der Waals surface area (Å²) in [6, 6.07) is 16.3. The molecule has 2 heterocycles. The Morgan fingerprint density at radius 2 is 1.79 bits per heavy atom. The molecule has 5 nitrogen and oxygen atoms in total. The van der Waals surface area contributed by atoms with Crippen molar-refractivity contribution in [2.75, 3.05) is 12.4 Å². The first-order chi connectivity index (χ1) is 16.0. The maximum absolute atomic E-state index is 14.6. The van der Waals surface area contributed by atoms with E-state index in [2.05, 4.69) is 15.3 Å². The fourth-order valence-electron chi connectivity index (χ4n) is 3.73. The van der Waals surface area contributed by atoms with Crippen LogP contribution in [0.15, 0.2) is 71.9 Å². The summed E-state index contributed by atoms with van der Waals surface area (Å²) in [6.45, 7) is 0.274. The highest BCUT2D eigenvalue weighted by molar-refractivity contribution is 6.31. The Hall–Kier alpha value is -3.84. The first-order valence-electron chi connectivity index (χ1n) is 10.1. The van der Waals surface area contributed by atoms with E-state index in [1.807, 2.05) is 6.07 Å². The van der Waals surface area contributed by atoms with Crippen LogP contribution >= 0.6 is 11.6 Å². The minimum Gasteiger partial charge on any atom is -0.494 e. The van der Waals surface area contributed by atoms with Crippen LogP contribution in [0, 0.1) is 11.6 Å². The fraction of sp³-hybridized carbons (Fsp3) is 0.0800. The highest BCUT2D eigenvalue weighted by Crippen LogP contribution is 2.34. The molecule has 0 radical (unpaired) electrons. The molecule has 8 heteroatoms. The van der Waals surface area contributed by atoms with Gasteiger partial charge in [-0.3, -0.25) is 4.99 Å². The molecule has 33 heavy (non-hydrogen) atoms.